The lowest BCUT2D eigenvalue weighted by Gasteiger charge is -2.33. The number of β-amino-alcohol motifs (C(OH)–C–C–N with tert-alkyl or cyclic N) is 1. The molecule has 0 unspecified atom stereocenters. The maximum Gasteiger partial charge on any atom is 0.298 e. The summed E-state index contributed by atoms with van der Waals surface area (Å²) in [5.41, 5.74) is 0. The maximum atomic E-state index is 11.1. The first-order chi connectivity index (χ1) is 6.27. The van der Waals surface area contributed by atoms with Crippen molar-refractivity contribution in [2.45, 2.75) is 0 Å². The van der Waals surface area contributed by atoms with Crippen LogP contribution in [0.15, 0.2) is 0 Å². The zero-order chi connectivity index (χ0) is 9.68. The van der Waals surface area contributed by atoms with E-state index in [9.17, 15) is 4.79 Å². The molecule has 0 bridgehead atoms. The average molecular weight is 182 g/mol. The third-order valence-corrected chi connectivity index (χ3v) is 2.20. The summed E-state index contributed by atoms with van der Waals surface area (Å²) in [5.74, 6) is 1.87. The lowest BCUT2D eigenvalue weighted by molar-refractivity contribution is -0.126. The van der Waals surface area contributed by atoms with Crippen LogP contribution in [0.2, 0.25) is 0 Å². The molecule has 0 saturated carbocycles. The van der Waals surface area contributed by atoms with E-state index in [4.69, 9.17) is 11.5 Å². The number of hydrogen-bond acceptors (Lipinski definition) is 3. The van der Waals surface area contributed by atoms with Gasteiger partial charge < -0.3 is 10.0 Å². The number of piperazine rings is 1. The first-order valence-electron chi connectivity index (χ1n) is 4.36. The largest absolute Gasteiger partial charge is 0.395 e. The highest BCUT2D eigenvalue weighted by molar-refractivity contribution is 5.92. The highest BCUT2D eigenvalue weighted by Crippen LogP contribution is 2.00. The Bertz CT molecular complexity index is 214. The number of aliphatic hydroxyl groups excluding tert-OH is 1. The Morgan fingerprint density at radius 2 is 2.00 bits per heavy atom. The maximum absolute atomic E-state index is 11.1. The molecule has 0 radical (unpaired) electrons. The van der Waals surface area contributed by atoms with E-state index in [2.05, 4.69) is 10.8 Å². The molecule has 0 atom stereocenters. The zero-order valence-electron chi connectivity index (χ0n) is 7.57. The minimum atomic E-state index is -0.233. The molecule has 1 fully saturated rings. The van der Waals surface area contributed by atoms with Crippen LogP contribution in [-0.2, 0) is 4.79 Å². The van der Waals surface area contributed by atoms with E-state index in [1.807, 2.05) is 0 Å². The summed E-state index contributed by atoms with van der Waals surface area (Å²) < 4.78 is 0. The van der Waals surface area contributed by atoms with Gasteiger partial charge in [-0.15, -0.1) is 6.42 Å². The molecule has 0 aliphatic carbocycles. The van der Waals surface area contributed by atoms with E-state index in [1.54, 1.807) is 4.90 Å². The quantitative estimate of drug-likeness (QED) is 0.543. The number of hydrogen-bond donors (Lipinski definition) is 1. The average Bonchev–Trinajstić information content (AvgIpc) is 2.18. The summed E-state index contributed by atoms with van der Waals surface area (Å²) >= 11 is 0. The SMILES string of the molecule is C#CC(=O)N1CCN(CCO)CC1. The van der Waals surface area contributed by atoms with Crippen molar-refractivity contribution in [2.24, 2.45) is 0 Å². The number of carbonyl (C=O) groups excluding carboxylic acids is 1. The van der Waals surface area contributed by atoms with Gasteiger partial charge in [0.2, 0.25) is 0 Å². The molecule has 13 heavy (non-hydrogen) atoms. The molecule has 0 aromatic rings. The Kier molecular flexibility index (Phi) is 3.74. The normalized spacial score (nSPS) is 18.3. The van der Waals surface area contributed by atoms with Gasteiger partial charge in [-0.05, 0) is 5.92 Å². The summed E-state index contributed by atoms with van der Waals surface area (Å²) in [7, 11) is 0. The van der Waals surface area contributed by atoms with Gasteiger partial charge in [0.15, 0.2) is 0 Å². The predicted octanol–water partition coefficient (Wildman–Crippen LogP) is -1.24. The van der Waals surface area contributed by atoms with Gasteiger partial charge in [-0.1, -0.05) is 0 Å². The van der Waals surface area contributed by atoms with Gasteiger partial charge in [-0.25, -0.2) is 0 Å². The van der Waals surface area contributed by atoms with Gasteiger partial charge >= 0.3 is 0 Å². The fourth-order valence-electron chi connectivity index (χ4n) is 1.41. The summed E-state index contributed by atoms with van der Waals surface area (Å²) in [6.07, 6.45) is 5.00. The second-order valence-corrected chi connectivity index (χ2v) is 3.00. The minimum absolute atomic E-state index is 0.170. The fraction of sp³-hybridized carbons (Fsp3) is 0.667. The highest BCUT2D eigenvalue weighted by atomic mass is 16.3. The van der Waals surface area contributed by atoms with Gasteiger partial charge in [0.1, 0.15) is 0 Å². The van der Waals surface area contributed by atoms with Gasteiger partial charge in [-0.3, -0.25) is 9.69 Å². The Hall–Kier alpha value is -1.05. The second-order valence-electron chi connectivity index (χ2n) is 3.00. The zero-order valence-corrected chi connectivity index (χ0v) is 7.57. The van der Waals surface area contributed by atoms with Crippen LogP contribution in [0.3, 0.4) is 0 Å². The predicted molar refractivity (Wildman–Crippen MR) is 48.9 cm³/mol. The lowest BCUT2D eigenvalue weighted by Crippen LogP contribution is -2.48. The van der Waals surface area contributed by atoms with E-state index in [-0.39, 0.29) is 12.5 Å². The van der Waals surface area contributed by atoms with E-state index in [0.29, 0.717) is 19.6 Å². The van der Waals surface area contributed by atoms with Crippen molar-refractivity contribution in [3.8, 4) is 12.3 Å². The van der Waals surface area contributed by atoms with Gasteiger partial charge in [0, 0.05) is 32.7 Å². The van der Waals surface area contributed by atoms with Crippen molar-refractivity contribution in [3.05, 3.63) is 0 Å². The Morgan fingerprint density at radius 3 is 2.46 bits per heavy atom. The van der Waals surface area contributed by atoms with Gasteiger partial charge in [0.25, 0.3) is 5.91 Å². The number of rotatable bonds is 2. The molecule has 1 aliphatic rings. The van der Waals surface area contributed by atoms with E-state index < -0.39 is 0 Å². The first kappa shape index (κ1) is 10.0. The van der Waals surface area contributed by atoms with Crippen molar-refractivity contribution in [3.63, 3.8) is 0 Å². The molecule has 72 valence electrons. The summed E-state index contributed by atoms with van der Waals surface area (Å²) in [4.78, 5) is 14.8. The summed E-state index contributed by atoms with van der Waals surface area (Å²) in [5, 5.41) is 8.69. The third kappa shape index (κ3) is 2.72. The molecule has 4 heteroatoms. The van der Waals surface area contributed by atoms with E-state index in [0.717, 1.165) is 13.1 Å². The molecule has 0 aromatic heterocycles. The van der Waals surface area contributed by atoms with Crippen LogP contribution in [-0.4, -0.2) is 60.1 Å². The van der Waals surface area contributed by atoms with Crippen LogP contribution in [0.1, 0.15) is 0 Å². The van der Waals surface area contributed by atoms with E-state index in [1.165, 1.54) is 0 Å². The molecule has 1 amide bonds. The number of amides is 1. The van der Waals surface area contributed by atoms with Crippen molar-refractivity contribution >= 4 is 5.91 Å². The number of aliphatic hydroxyl groups is 1. The van der Waals surface area contributed by atoms with Crippen LogP contribution in [0, 0.1) is 12.3 Å². The minimum Gasteiger partial charge on any atom is -0.395 e. The van der Waals surface area contributed by atoms with Crippen LogP contribution in [0.25, 0.3) is 0 Å². The van der Waals surface area contributed by atoms with Gasteiger partial charge in [0.05, 0.1) is 6.61 Å². The Balaban J connectivity index is 2.31. The molecule has 4 nitrogen and oxygen atoms in total. The summed E-state index contributed by atoms with van der Waals surface area (Å²) in [6, 6.07) is 0. The van der Waals surface area contributed by atoms with Gasteiger partial charge in [-0.2, -0.15) is 0 Å². The molecule has 1 N–H and O–H groups in total. The molecule has 1 rings (SSSR count). The monoisotopic (exact) mass is 182 g/mol. The van der Waals surface area contributed by atoms with Crippen LogP contribution < -0.4 is 0 Å². The number of nitrogens with zero attached hydrogens (tertiary/aromatic N) is 2. The highest BCUT2D eigenvalue weighted by Gasteiger charge is 2.18. The Labute approximate surface area is 78.1 Å². The fourth-order valence-corrected chi connectivity index (χ4v) is 1.41. The molecule has 1 saturated heterocycles. The smallest absolute Gasteiger partial charge is 0.298 e. The Morgan fingerprint density at radius 1 is 1.38 bits per heavy atom. The third-order valence-electron chi connectivity index (χ3n) is 2.20. The lowest BCUT2D eigenvalue weighted by atomic mass is 10.3. The second kappa shape index (κ2) is 4.85. The molecule has 1 aliphatic heterocycles. The number of carbonyl (C=O) groups is 1. The molecule has 0 spiro atoms. The van der Waals surface area contributed by atoms with Crippen LogP contribution in [0.4, 0.5) is 0 Å². The van der Waals surface area contributed by atoms with Crippen molar-refractivity contribution in [2.75, 3.05) is 39.3 Å². The summed E-state index contributed by atoms with van der Waals surface area (Å²) in [6.45, 7) is 3.79. The molecular formula is C9H14N2O2. The molecule has 1 heterocycles. The molecular weight excluding hydrogens is 168 g/mol. The van der Waals surface area contributed by atoms with Crippen LogP contribution in [0.5, 0.6) is 0 Å². The first-order valence-corrected chi connectivity index (χ1v) is 4.36. The van der Waals surface area contributed by atoms with E-state index >= 15 is 0 Å². The number of terminal acetylenes is 1. The van der Waals surface area contributed by atoms with Crippen molar-refractivity contribution < 1.29 is 9.90 Å². The van der Waals surface area contributed by atoms with Crippen molar-refractivity contribution in [1.82, 2.24) is 9.80 Å². The van der Waals surface area contributed by atoms with Crippen molar-refractivity contribution in [1.29, 1.82) is 0 Å². The molecule has 0 aromatic carbocycles. The topological polar surface area (TPSA) is 43.8 Å². The van der Waals surface area contributed by atoms with Crippen LogP contribution >= 0.6 is 0 Å². The standard InChI is InChI=1S/C9H14N2O2/c1-2-9(13)11-5-3-10(4-6-11)7-8-12/h1,12H,3-8H2.